The van der Waals surface area contributed by atoms with Gasteiger partial charge in [-0.15, -0.1) is 0 Å². The van der Waals surface area contributed by atoms with Crippen molar-refractivity contribution in [2.24, 2.45) is 5.92 Å². The molecule has 1 unspecified atom stereocenters. The van der Waals surface area contributed by atoms with Gasteiger partial charge in [-0.05, 0) is 29.5 Å². The summed E-state index contributed by atoms with van der Waals surface area (Å²) in [5.41, 5.74) is 3.30. The largest absolute Gasteiger partial charge is 0.380 e. The molecule has 0 saturated heterocycles. The normalized spacial score (nSPS) is 12.5. The van der Waals surface area contributed by atoms with Crippen LogP contribution in [0.15, 0.2) is 61.2 Å². The molecule has 4 heteroatoms. The molecule has 4 nitrogen and oxygen atoms in total. The van der Waals surface area contributed by atoms with Crippen LogP contribution < -0.4 is 0 Å². The number of imidazole rings is 1. The van der Waals surface area contributed by atoms with E-state index in [0.29, 0.717) is 18.3 Å². The topological polar surface area (TPSA) is 50.9 Å². The maximum Gasteiger partial charge on any atom is 0.142 e. The molecule has 2 heterocycles. The third-order valence-electron chi connectivity index (χ3n) is 4.01. The molecule has 0 aliphatic rings. The van der Waals surface area contributed by atoms with Crippen molar-refractivity contribution in [3.63, 3.8) is 0 Å². The first-order valence-corrected chi connectivity index (χ1v) is 8.30. The van der Waals surface area contributed by atoms with E-state index >= 15 is 0 Å². The molecule has 1 atom stereocenters. The van der Waals surface area contributed by atoms with Gasteiger partial charge in [-0.2, -0.15) is 0 Å². The van der Waals surface area contributed by atoms with Crippen molar-refractivity contribution in [2.75, 3.05) is 0 Å². The molecular formula is C20H23N3O. The third kappa shape index (κ3) is 3.89. The Labute approximate surface area is 142 Å². The Kier molecular flexibility index (Phi) is 5.06. The summed E-state index contributed by atoms with van der Waals surface area (Å²) in [6.07, 6.45) is 7.31. The molecule has 3 rings (SSSR count). The van der Waals surface area contributed by atoms with Crippen molar-refractivity contribution < 1.29 is 5.11 Å². The van der Waals surface area contributed by atoms with Crippen molar-refractivity contribution in [2.45, 2.75) is 32.9 Å². The number of rotatable bonds is 6. The smallest absolute Gasteiger partial charge is 0.142 e. The van der Waals surface area contributed by atoms with Gasteiger partial charge in [0, 0.05) is 36.9 Å². The fourth-order valence-corrected chi connectivity index (χ4v) is 2.84. The lowest BCUT2D eigenvalue weighted by molar-refractivity contribution is 0.205. The number of aromatic nitrogens is 3. The monoisotopic (exact) mass is 321 g/mol. The van der Waals surface area contributed by atoms with Gasteiger partial charge in [0.1, 0.15) is 11.9 Å². The van der Waals surface area contributed by atoms with Gasteiger partial charge in [0.15, 0.2) is 0 Å². The molecular weight excluding hydrogens is 298 g/mol. The van der Waals surface area contributed by atoms with E-state index in [9.17, 15) is 5.11 Å². The standard InChI is InChI=1S/C20H23N3O/c1-15(2)12-16-5-7-17(8-6-16)14-23-11-10-22-20(23)19(24)18-4-3-9-21-13-18/h3-11,13,15,19,24H,12,14H2,1-2H3. The Morgan fingerprint density at radius 1 is 1.04 bits per heavy atom. The average Bonchev–Trinajstić information content (AvgIpc) is 3.04. The zero-order valence-corrected chi connectivity index (χ0v) is 14.1. The van der Waals surface area contributed by atoms with Gasteiger partial charge < -0.3 is 9.67 Å². The summed E-state index contributed by atoms with van der Waals surface area (Å²) >= 11 is 0. The minimum Gasteiger partial charge on any atom is -0.380 e. The molecule has 124 valence electrons. The lowest BCUT2D eigenvalue weighted by Crippen LogP contribution is -2.10. The minimum atomic E-state index is -0.770. The Hall–Kier alpha value is -2.46. The SMILES string of the molecule is CC(C)Cc1ccc(Cn2ccnc2C(O)c2cccnc2)cc1. The summed E-state index contributed by atoms with van der Waals surface area (Å²) < 4.78 is 1.98. The molecule has 3 aromatic rings. The van der Waals surface area contributed by atoms with E-state index in [4.69, 9.17) is 0 Å². The Bertz CT molecular complexity index is 763. The molecule has 2 aromatic heterocycles. The molecule has 24 heavy (non-hydrogen) atoms. The number of pyridine rings is 1. The summed E-state index contributed by atoms with van der Waals surface area (Å²) in [5, 5.41) is 10.6. The van der Waals surface area contributed by atoms with Crippen LogP contribution in [0.25, 0.3) is 0 Å². The van der Waals surface area contributed by atoms with Crippen molar-refractivity contribution in [3.05, 3.63) is 83.7 Å². The zero-order chi connectivity index (χ0) is 16.9. The Balaban J connectivity index is 1.76. The van der Waals surface area contributed by atoms with Crippen LogP contribution in [0.1, 0.15) is 42.5 Å². The number of nitrogens with zero attached hydrogens (tertiary/aromatic N) is 3. The maximum absolute atomic E-state index is 10.6. The second-order valence-corrected chi connectivity index (χ2v) is 6.52. The lowest BCUT2D eigenvalue weighted by Gasteiger charge is -2.14. The van der Waals surface area contributed by atoms with Gasteiger partial charge in [-0.3, -0.25) is 4.98 Å². The van der Waals surface area contributed by atoms with E-state index in [-0.39, 0.29) is 0 Å². The number of aliphatic hydroxyl groups excluding tert-OH is 1. The summed E-state index contributed by atoms with van der Waals surface area (Å²) in [5.74, 6) is 1.29. The Morgan fingerprint density at radius 3 is 2.46 bits per heavy atom. The highest BCUT2D eigenvalue weighted by Crippen LogP contribution is 2.20. The van der Waals surface area contributed by atoms with Crippen molar-refractivity contribution in [1.29, 1.82) is 0 Å². The molecule has 0 radical (unpaired) electrons. The number of aliphatic hydroxyl groups is 1. The molecule has 0 fully saturated rings. The minimum absolute atomic E-state index is 0.634. The second-order valence-electron chi connectivity index (χ2n) is 6.52. The number of benzene rings is 1. The molecule has 0 amide bonds. The summed E-state index contributed by atoms with van der Waals surface area (Å²) in [6, 6.07) is 12.3. The van der Waals surface area contributed by atoms with Crippen molar-refractivity contribution in [1.82, 2.24) is 14.5 Å². The van der Waals surface area contributed by atoms with Gasteiger partial charge >= 0.3 is 0 Å². The maximum atomic E-state index is 10.6. The zero-order valence-electron chi connectivity index (χ0n) is 14.1. The molecule has 0 bridgehead atoms. The lowest BCUT2D eigenvalue weighted by atomic mass is 10.0. The predicted molar refractivity (Wildman–Crippen MR) is 94.6 cm³/mol. The quantitative estimate of drug-likeness (QED) is 0.754. The molecule has 0 aliphatic heterocycles. The van der Waals surface area contributed by atoms with Crippen LogP contribution >= 0.6 is 0 Å². The Morgan fingerprint density at radius 2 is 1.79 bits per heavy atom. The second kappa shape index (κ2) is 7.41. The first kappa shape index (κ1) is 16.4. The van der Waals surface area contributed by atoms with Crippen LogP contribution in [-0.4, -0.2) is 19.6 Å². The van der Waals surface area contributed by atoms with Gasteiger partial charge in [0.2, 0.25) is 0 Å². The predicted octanol–water partition coefficient (Wildman–Crippen LogP) is 3.61. The van der Waals surface area contributed by atoms with E-state index < -0.39 is 6.10 Å². The molecule has 0 aliphatic carbocycles. The van der Waals surface area contributed by atoms with Crippen LogP contribution in [0.2, 0.25) is 0 Å². The highest BCUT2D eigenvalue weighted by Gasteiger charge is 2.16. The molecule has 1 aromatic carbocycles. The first-order valence-electron chi connectivity index (χ1n) is 8.30. The van der Waals surface area contributed by atoms with Crippen LogP contribution in [0.3, 0.4) is 0 Å². The fourth-order valence-electron chi connectivity index (χ4n) is 2.84. The average molecular weight is 321 g/mol. The third-order valence-corrected chi connectivity index (χ3v) is 4.01. The van der Waals surface area contributed by atoms with Crippen LogP contribution in [0.5, 0.6) is 0 Å². The number of hydrogen-bond donors (Lipinski definition) is 1. The van der Waals surface area contributed by atoms with E-state index in [0.717, 1.165) is 12.0 Å². The van der Waals surface area contributed by atoms with Crippen LogP contribution in [-0.2, 0) is 13.0 Å². The van der Waals surface area contributed by atoms with Gasteiger partial charge in [-0.1, -0.05) is 44.2 Å². The van der Waals surface area contributed by atoms with Crippen LogP contribution in [0.4, 0.5) is 0 Å². The van der Waals surface area contributed by atoms with Crippen LogP contribution in [0, 0.1) is 5.92 Å². The van der Waals surface area contributed by atoms with Gasteiger partial charge in [0.05, 0.1) is 0 Å². The van der Waals surface area contributed by atoms with E-state index in [1.807, 2.05) is 22.9 Å². The van der Waals surface area contributed by atoms with Gasteiger partial charge in [-0.25, -0.2) is 4.98 Å². The van der Waals surface area contributed by atoms with E-state index in [1.165, 1.54) is 11.1 Å². The molecule has 1 N–H and O–H groups in total. The van der Waals surface area contributed by atoms with E-state index in [2.05, 4.69) is 48.1 Å². The summed E-state index contributed by atoms with van der Waals surface area (Å²) in [7, 11) is 0. The summed E-state index contributed by atoms with van der Waals surface area (Å²) in [6.45, 7) is 5.14. The van der Waals surface area contributed by atoms with Gasteiger partial charge in [0.25, 0.3) is 0 Å². The summed E-state index contributed by atoms with van der Waals surface area (Å²) in [4.78, 5) is 8.40. The van der Waals surface area contributed by atoms with Crippen molar-refractivity contribution >= 4 is 0 Å². The van der Waals surface area contributed by atoms with Crippen molar-refractivity contribution in [3.8, 4) is 0 Å². The molecule has 0 saturated carbocycles. The first-order chi connectivity index (χ1) is 11.6. The molecule has 0 spiro atoms. The highest BCUT2D eigenvalue weighted by atomic mass is 16.3. The fraction of sp³-hybridized carbons (Fsp3) is 0.300. The van der Waals surface area contributed by atoms with E-state index in [1.54, 1.807) is 18.6 Å². The number of hydrogen-bond acceptors (Lipinski definition) is 3. The highest BCUT2D eigenvalue weighted by molar-refractivity contribution is 5.25.